The van der Waals surface area contributed by atoms with Gasteiger partial charge in [0.05, 0.1) is 6.54 Å². The van der Waals surface area contributed by atoms with Crippen molar-refractivity contribution < 1.29 is 14.0 Å². The lowest BCUT2D eigenvalue weighted by molar-refractivity contribution is -0.125. The van der Waals surface area contributed by atoms with Crippen molar-refractivity contribution in [1.29, 1.82) is 0 Å². The number of hydrogen-bond donors (Lipinski definition) is 2. The third-order valence-corrected chi connectivity index (χ3v) is 3.47. The predicted octanol–water partition coefficient (Wildman–Crippen LogP) is 0.336. The fraction of sp³-hybridized carbons (Fsp3) is 0.538. The fourth-order valence-electron chi connectivity index (χ4n) is 2.31. The first kappa shape index (κ1) is 13.6. The third-order valence-electron chi connectivity index (χ3n) is 3.47. The van der Waals surface area contributed by atoms with Gasteiger partial charge in [0.15, 0.2) is 5.76 Å². The van der Waals surface area contributed by atoms with E-state index in [2.05, 4.69) is 5.32 Å². The molecule has 0 radical (unpaired) electrons. The summed E-state index contributed by atoms with van der Waals surface area (Å²) in [5, 5.41) is 2.65. The number of likely N-dealkylation sites (tertiary alicyclic amines) is 1. The maximum Gasteiger partial charge on any atom is 0.289 e. The molecule has 104 valence electrons. The van der Waals surface area contributed by atoms with E-state index in [1.807, 2.05) is 0 Å². The molecular formula is C13H19N3O3. The van der Waals surface area contributed by atoms with E-state index < -0.39 is 0 Å². The summed E-state index contributed by atoms with van der Waals surface area (Å²) < 4.78 is 5.35. The minimum absolute atomic E-state index is 0.00486. The smallest absolute Gasteiger partial charge is 0.289 e. The average Bonchev–Trinajstić information content (AvgIpc) is 2.94. The number of nitrogens with two attached hydrogens (primary N) is 1. The van der Waals surface area contributed by atoms with Gasteiger partial charge in [-0.15, -0.1) is 0 Å². The van der Waals surface area contributed by atoms with Crippen LogP contribution >= 0.6 is 0 Å². The molecule has 19 heavy (non-hydrogen) atoms. The number of rotatable bonds is 3. The quantitative estimate of drug-likeness (QED) is 0.824. The van der Waals surface area contributed by atoms with Crippen LogP contribution in [0.1, 0.15) is 29.2 Å². The Labute approximate surface area is 111 Å². The van der Waals surface area contributed by atoms with Crippen LogP contribution < -0.4 is 11.1 Å². The zero-order valence-electron chi connectivity index (χ0n) is 11.0. The second kappa shape index (κ2) is 5.88. The molecule has 6 heteroatoms. The van der Waals surface area contributed by atoms with Gasteiger partial charge in [-0.3, -0.25) is 9.59 Å². The molecule has 1 aromatic rings. The van der Waals surface area contributed by atoms with Crippen LogP contribution in [0.25, 0.3) is 0 Å². The lowest BCUT2D eigenvalue weighted by atomic mass is 9.96. The summed E-state index contributed by atoms with van der Waals surface area (Å²) >= 11 is 0. The molecule has 0 aromatic carbocycles. The van der Waals surface area contributed by atoms with Crippen LogP contribution in [0.3, 0.4) is 0 Å². The van der Waals surface area contributed by atoms with E-state index in [1.165, 1.54) is 0 Å². The molecule has 1 aliphatic heterocycles. The van der Waals surface area contributed by atoms with E-state index in [-0.39, 0.29) is 24.3 Å². The Bertz CT molecular complexity index is 461. The maximum absolute atomic E-state index is 12.2. The molecule has 0 saturated carbocycles. The van der Waals surface area contributed by atoms with Crippen LogP contribution in [0.5, 0.6) is 0 Å². The van der Waals surface area contributed by atoms with Crippen LogP contribution in [0.15, 0.2) is 16.5 Å². The van der Waals surface area contributed by atoms with Gasteiger partial charge in [-0.25, -0.2) is 0 Å². The molecule has 0 spiro atoms. The van der Waals surface area contributed by atoms with Crippen LogP contribution in [0, 0.1) is 5.92 Å². The Morgan fingerprint density at radius 2 is 2.11 bits per heavy atom. The molecule has 0 atom stereocenters. The predicted molar refractivity (Wildman–Crippen MR) is 69.3 cm³/mol. The van der Waals surface area contributed by atoms with E-state index >= 15 is 0 Å². The summed E-state index contributed by atoms with van der Waals surface area (Å²) in [5.74, 6) is 0.846. The topological polar surface area (TPSA) is 88.6 Å². The first-order valence-corrected chi connectivity index (χ1v) is 6.45. The molecule has 2 heterocycles. The summed E-state index contributed by atoms with van der Waals surface area (Å²) in [7, 11) is 1.64. The van der Waals surface area contributed by atoms with Gasteiger partial charge in [0.1, 0.15) is 5.76 Å². The highest BCUT2D eigenvalue weighted by Crippen LogP contribution is 2.20. The number of piperidine rings is 1. The molecular weight excluding hydrogens is 246 g/mol. The van der Waals surface area contributed by atoms with Crippen molar-refractivity contribution in [1.82, 2.24) is 10.2 Å². The van der Waals surface area contributed by atoms with Crippen molar-refractivity contribution in [2.75, 3.05) is 20.1 Å². The van der Waals surface area contributed by atoms with Gasteiger partial charge in [-0.2, -0.15) is 0 Å². The highest BCUT2D eigenvalue weighted by molar-refractivity contribution is 5.91. The van der Waals surface area contributed by atoms with Crippen molar-refractivity contribution in [3.8, 4) is 0 Å². The van der Waals surface area contributed by atoms with Crippen LogP contribution in [-0.2, 0) is 11.3 Å². The van der Waals surface area contributed by atoms with E-state index in [0.717, 1.165) is 0 Å². The standard InChI is InChI=1S/C13H19N3O3/c1-15-12(17)9-4-6-16(7-5-9)13(18)11-3-2-10(8-14)19-11/h2-3,9H,4-8,14H2,1H3,(H,15,17). The number of carbonyl (C=O) groups excluding carboxylic acids is 2. The van der Waals surface area contributed by atoms with Crippen molar-refractivity contribution in [3.63, 3.8) is 0 Å². The molecule has 3 N–H and O–H groups in total. The number of amides is 2. The summed E-state index contributed by atoms with van der Waals surface area (Å²) in [5.41, 5.74) is 5.45. The second-order valence-electron chi connectivity index (χ2n) is 4.65. The summed E-state index contributed by atoms with van der Waals surface area (Å²) in [6.07, 6.45) is 1.38. The maximum atomic E-state index is 12.2. The molecule has 1 aromatic heterocycles. The Hall–Kier alpha value is -1.82. The Morgan fingerprint density at radius 1 is 1.42 bits per heavy atom. The second-order valence-corrected chi connectivity index (χ2v) is 4.65. The molecule has 2 amide bonds. The van der Waals surface area contributed by atoms with Gasteiger partial charge in [0.2, 0.25) is 5.91 Å². The third kappa shape index (κ3) is 2.96. The largest absolute Gasteiger partial charge is 0.455 e. The van der Waals surface area contributed by atoms with Gasteiger partial charge in [0, 0.05) is 26.1 Å². The van der Waals surface area contributed by atoms with Crippen molar-refractivity contribution in [2.24, 2.45) is 11.7 Å². The highest BCUT2D eigenvalue weighted by Gasteiger charge is 2.28. The van der Waals surface area contributed by atoms with Crippen LogP contribution in [0.4, 0.5) is 0 Å². The van der Waals surface area contributed by atoms with Gasteiger partial charge >= 0.3 is 0 Å². The Balaban J connectivity index is 1.94. The Kier molecular flexibility index (Phi) is 4.21. The number of furan rings is 1. The molecule has 0 aliphatic carbocycles. The van der Waals surface area contributed by atoms with Gasteiger partial charge in [-0.1, -0.05) is 0 Å². The summed E-state index contributed by atoms with van der Waals surface area (Å²) in [4.78, 5) is 25.4. The molecule has 1 fully saturated rings. The zero-order chi connectivity index (χ0) is 13.8. The number of hydrogen-bond acceptors (Lipinski definition) is 4. The lowest BCUT2D eigenvalue weighted by Gasteiger charge is -2.30. The minimum atomic E-state index is -0.130. The SMILES string of the molecule is CNC(=O)C1CCN(C(=O)c2ccc(CN)o2)CC1. The van der Waals surface area contributed by atoms with Crippen molar-refractivity contribution >= 4 is 11.8 Å². The van der Waals surface area contributed by atoms with E-state index in [0.29, 0.717) is 37.5 Å². The van der Waals surface area contributed by atoms with Crippen LogP contribution in [0.2, 0.25) is 0 Å². The van der Waals surface area contributed by atoms with Gasteiger partial charge < -0.3 is 20.4 Å². The minimum Gasteiger partial charge on any atom is -0.455 e. The summed E-state index contributed by atoms with van der Waals surface area (Å²) in [6.45, 7) is 1.44. The number of carbonyl (C=O) groups is 2. The monoisotopic (exact) mass is 265 g/mol. The molecule has 2 rings (SSSR count). The average molecular weight is 265 g/mol. The molecule has 0 bridgehead atoms. The number of nitrogens with one attached hydrogen (secondary N) is 1. The molecule has 0 unspecified atom stereocenters. The van der Waals surface area contributed by atoms with E-state index in [4.69, 9.17) is 10.2 Å². The normalized spacial score (nSPS) is 16.4. The number of nitrogens with zero attached hydrogens (tertiary/aromatic N) is 1. The van der Waals surface area contributed by atoms with Gasteiger partial charge in [-0.05, 0) is 25.0 Å². The van der Waals surface area contributed by atoms with Crippen molar-refractivity contribution in [3.05, 3.63) is 23.7 Å². The molecule has 6 nitrogen and oxygen atoms in total. The lowest BCUT2D eigenvalue weighted by Crippen LogP contribution is -2.42. The first-order chi connectivity index (χ1) is 9.15. The van der Waals surface area contributed by atoms with Crippen molar-refractivity contribution in [2.45, 2.75) is 19.4 Å². The highest BCUT2D eigenvalue weighted by atomic mass is 16.4. The van der Waals surface area contributed by atoms with Gasteiger partial charge in [0.25, 0.3) is 5.91 Å². The first-order valence-electron chi connectivity index (χ1n) is 6.45. The van der Waals surface area contributed by atoms with E-state index in [9.17, 15) is 9.59 Å². The Morgan fingerprint density at radius 3 is 2.63 bits per heavy atom. The van der Waals surface area contributed by atoms with Crippen LogP contribution in [-0.4, -0.2) is 36.9 Å². The van der Waals surface area contributed by atoms with E-state index in [1.54, 1.807) is 24.1 Å². The zero-order valence-corrected chi connectivity index (χ0v) is 11.0. The summed E-state index contributed by atoms with van der Waals surface area (Å²) in [6, 6.07) is 3.36. The molecule has 1 saturated heterocycles. The molecule has 1 aliphatic rings. The fourth-order valence-corrected chi connectivity index (χ4v) is 2.31.